The Balaban J connectivity index is 1.28. The molecule has 0 saturated carbocycles. The summed E-state index contributed by atoms with van der Waals surface area (Å²) < 4.78 is 49.3. The van der Waals surface area contributed by atoms with Gasteiger partial charge >= 0.3 is 0 Å². The highest BCUT2D eigenvalue weighted by atomic mass is 19.1. The number of hydrogen-bond donors (Lipinski definition) is 0. The van der Waals surface area contributed by atoms with Crippen molar-refractivity contribution >= 4 is 28.3 Å². The molecule has 0 radical (unpaired) electrons. The van der Waals surface area contributed by atoms with Gasteiger partial charge in [-0.15, -0.1) is 0 Å². The minimum absolute atomic E-state index is 0.00507. The van der Waals surface area contributed by atoms with Crippen molar-refractivity contribution in [2.75, 3.05) is 29.4 Å². The summed E-state index contributed by atoms with van der Waals surface area (Å²) in [4.78, 5) is 28.7. The Kier molecular flexibility index (Phi) is 6.23. The third-order valence-corrected chi connectivity index (χ3v) is 7.42. The van der Waals surface area contributed by atoms with E-state index in [0.717, 1.165) is 0 Å². The molecule has 2 aromatic heterocycles. The van der Waals surface area contributed by atoms with Gasteiger partial charge in [-0.05, 0) is 62.9 Å². The summed E-state index contributed by atoms with van der Waals surface area (Å²) in [7, 11) is 0. The zero-order valence-electron chi connectivity index (χ0n) is 21.6. The zero-order valence-corrected chi connectivity index (χ0v) is 21.6. The van der Waals surface area contributed by atoms with Gasteiger partial charge in [-0.25, -0.2) is 23.1 Å². The number of anilines is 2. The fourth-order valence-electron chi connectivity index (χ4n) is 5.38. The number of alkyl halides is 1. The maximum atomic E-state index is 15.1. The molecule has 2 aromatic carbocycles. The lowest BCUT2D eigenvalue weighted by Gasteiger charge is -2.32. The highest BCUT2D eigenvalue weighted by molar-refractivity contribution is 6.00. The van der Waals surface area contributed by atoms with Gasteiger partial charge in [-0.3, -0.25) is 4.79 Å². The average Bonchev–Trinajstić information content (AvgIpc) is 3.58. The first-order valence-electron chi connectivity index (χ1n) is 13.0. The smallest absolute Gasteiger partial charge is 0.263 e. The number of benzene rings is 2. The van der Waals surface area contributed by atoms with Gasteiger partial charge in [0, 0.05) is 42.9 Å². The van der Waals surface area contributed by atoms with E-state index in [1.807, 2.05) is 4.90 Å². The third kappa shape index (κ3) is 4.70. The fourth-order valence-corrected chi connectivity index (χ4v) is 5.38. The number of rotatable bonds is 5. The summed E-state index contributed by atoms with van der Waals surface area (Å²) in [6.45, 7) is 4.42. The van der Waals surface area contributed by atoms with Crippen LogP contribution in [-0.2, 0) is 10.5 Å². The number of carbonyl (C=O) groups is 1. The predicted molar refractivity (Wildman–Crippen MR) is 139 cm³/mol. The van der Waals surface area contributed by atoms with Crippen molar-refractivity contribution in [2.24, 2.45) is 0 Å². The first kappa shape index (κ1) is 25.3. The summed E-state index contributed by atoms with van der Waals surface area (Å²) in [5.41, 5.74) is -0.0816. The average molecular weight is 537 g/mol. The quantitative estimate of drug-likeness (QED) is 0.325. The first-order chi connectivity index (χ1) is 18.7. The first-order valence-corrected chi connectivity index (χ1v) is 13.0. The minimum Gasteiger partial charge on any atom is -0.356 e. The molecule has 2 aliphatic heterocycles. The van der Waals surface area contributed by atoms with Crippen LogP contribution in [0, 0.1) is 11.6 Å². The van der Waals surface area contributed by atoms with Crippen LogP contribution in [0.4, 0.5) is 24.7 Å². The van der Waals surface area contributed by atoms with Gasteiger partial charge in [-0.1, -0.05) is 11.2 Å². The highest BCUT2D eigenvalue weighted by Crippen LogP contribution is 2.37. The molecule has 1 amide bonds. The van der Waals surface area contributed by atoms with Crippen molar-refractivity contribution in [1.29, 1.82) is 0 Å². The number of fused-ring (bicyclic) bond motifs is 1. The van der Waals surface area contributed by atoms with Crippen LogP contribution in [0.2, 0.25) is 0 Å². The summed E-state index contributed by atoms with van der Waals surface area (Å²) in [6.07, 6.45) is 3.88. The van der Waals surface area contributed by atoms with Crippen molar-refractivity contribution in [3.63, 3.8) is 0 Å². The van der Waals surface area contributed by atoms with Crippen LogP contribution in [0.1, 0.15) is 57.2 Å². The summed E-state index contributed by atoms with van der Waals surface area (Å²) in [5.74, 6) is -0.111. The summed E-state index contributed by atoms with van der Waals surface area (Å²) in [6, 6.07) is 7.29. The van der Waals surface area contributed by atoms with E-state index in [9.17, 15) is 13.6 Å². The SMILES string of the molecule is CC(C)(F)c1nc(C2CCN(c3ncnc4c(-c5ccc(N6CCCC6=O)c(F)c5)cc(F)cc34)CC2)no1. The van der Waals surface area contributed by atoms with E-state index >= 15 is 4.39 Å². The molecule has 0 spiro atoms. The molecule has 0 bridgehead atoms. The molecule has 4 aromatic rings. The van der Waals surface area contributed by atoms with E-state index in [4.69, 9.17) is 4.52 Å². The van der Waals surface area contributed by atoms with Gasteiger partial charge in [0.05, 0.1) is 11.2 Å². The normalized spacial score (nSPS) is 17.0. The molecule has 6 rings (SSSR count). The van der Waals surface area contributed by atoms with E-state index in [0.29, 0.717) is 79.0 Å². The molecule has 2 saturated heterocycles. The second-order valence-electron chi connectivity index (χ2n) is 10.6. The molecule has 39 heavy (non-hydrogen) atoms. The highest BCUT2D eigenvalue weighted by Gasteiger charge is 2.31. The van der Waals surface area contributed by atoms with Crippen LogP contribution in [0.3, 0.4) is 0 Å². The van der Waals surface area contributed by atoms with Gasteiger partial charge in [0.15, 0.2) is 11.5 Å². The second-order valence-corrected chi connectivity index (χ2v) is 10.6. The number of piperidine rings is 1. The summed E-state index contributed by atoms with van der Waals surface area (Å²) in [5, 5.41) is 4.50. The minimum atomic E-state index is -1.71. The number of halogens is 3. The molecule has 0 N–H and O–H groups in total. The molecule has 11 heteroatoms. The number of hydrogen-bond acceptors (Lipinski definition) is 7. The monoisotopic (exact) mass is 536 g/mol. The Hall–Kier alpha value is -4.02. The molecule has 2 aliphatic rings. The number of carbonyl (C=O) groups excluding carboxylic acids is 1. The van der Waals surface area contributed by atoms with Crippen LogP contribution in [0.25, 0.3) is 22.0 Å². The van der Waals surface area contributed by atoms with Crippen LogP contribution >= 0.6 is 0 Å². The molecule has 0 atom stereocenters. The zero-order chi connectivity index (χ0) is 27.3. The maximum absolute atomic E-state index is 15.1. The predicted octanol–water partition coefficient (Wildman–Crippen LogP) is 5.67. The van der Waals surface area contributed by atoms with E-state index < -0.39 is 17.3 Å². The lowest BCUT2D eigenvalue weighted by molar-refractivity contribution is -0.117. The van der Waals surface area contributed by atoms with Gasteiger partial charge in [0.2, 0.25) is 5.91 Å². The molecule has 0 aliphatic carbocycles. The third-order valence-electron chi connectivity index (χ3n) is 7.42. The van der Waals surface area contributed by atoms with Crippen molar-refractivity contribution < 1.29 is 22.5 Å². The Labute approximate surface area is 222 Å². The molecule has 202 valence electrons. The van der Waals surface area contributed by atoms with Crippen LogP contribution < -0.4 is 9.80 Å². The van der Waals surface area contributed by atoms with Crippen molar-refractivity contribution in [2.45, 2.75) is 51.1 Å². The molecule has 2 fully saturated rings. The maximum Gasteiger partial charge on any atom is 0.263 e. The molecular weight excluding hydrogens is 509 g/mol. The lowest BCUT2D eigenvalue weighted by Crippen LogP contribution is -2.34. The van der Waals surface area contributed by atoms with Gasteiger partial charge in [0.1, 0.15) is 23.8 Å². The Morgan fingerprint density at radius 1 is 1.05 bits per heavy atom. The fraction of sp³-hybridized carbons (Fsp3) is 0.393. The Morgan fingerprint density at radius 3 is 2.51 bits per heavy atom. The van der Waals surface area contributed by atoms with Gasteiger partial charge in [-0.2, -0.15) is 4.98 Å². The number of aromatic nitrogens is 4. The van der Waals surface area contributed by atoms with E-state index in [1.165, 1.54) is 43.3 Å². The van der Waals surface area contributed by atoms with Crippen molar-refractivity contribution in [3.8, 4) is 11.1 Å². The van der Waals surface area contributed by atoms with Crippen molar-refractivity contribution in [1.82, 2.24) is 20.1 Å². The van der Waals surface area contributed by atoms with E-state index in [1.54, 1.807) is 12.1 Å². The van der Waals surface area contributed by atoms with Crippen LogP contribution in [0.15, 0.2) is 41.2 Å². The largest absolute Gasteiger partial charge is 0.356 e. The molecule has 8 nitrogen and oxygen atoms in total. The number of amides is 1. The van der Waals surface area contributed by atoms with Crippen LogP contribution in [0.5, 0.6) is 0 Å². The standard InChI is InChI=1S/C28H27F3N6O2/c1-28(2,31)27-34-25(35-39-27)16-7-10-36(11-8-16)26-20-14-18(29)13-19(24(20)32-15-33-26)17-5-6-22(21(30)12-17)37-9-3-4-23(37)38/h5-6,12-16H,3-4,7-11H2,1-2H3. The van der Waals surface area contributed by atoms with E-state index in [2.05, 4.69) is 20.1 Å². The lowest BCUT2D eigenvalue weighted by atomic mass is 9.95. The topological polar surface area (TPSA) is 88.3 Å². The molecule has 0 unspecified atom stereocenters. The van der Waals surface area contributed by atoms with E-state index in [-0.39, 0.29) is 23.4 Å². The Bertz CT molecular complexity index is 1560. The Morgan fingerprint density at radius 2 is 1.85 bits per heavy atom. The van der Waals surface area contributed by atoms with Crippen LogP contribution in [-0.4, -0.2) is 45.7 Å². The summed E-state index contributed by atoms with van der Waals surface area (Å²) >= 11 is 0. The second kappa shape index (κ2) is 9.62. The van der Waals surface area contributed by atoms with Gasteiger partial charge in [0.25, 0.3) is 5.89 Å². The number of nitrogens with zero attached hydrogens (tertiary/aromatic N) is 6. The van der Waals surface area contributed by atoms with Crippen molar-refractivity contribution in [3.05, 3.63) is 60.0 Å². The van der Waals surface area contributed by atoms with Gasteiger partial charge < -0.3 is 14.3 Å². The molecular formula is C28H27F3N6O2. The molecule has 4 heterocycles.